The summed E-state index contributed by atoms with van der Waals surface area (Å²) in [6.45, 7) is 13.7. The molecule has 5 aliphatic rings. The van der Waals surface area contributed by atoms with E-state index in [1.807, 2.05) is 11.0 Å². The molecule has 1 saturated carbocycles. The van der Waals surface area contributed by atoms with Crippen molar-refractivity contribution in [1.29, 1.82) is 5.26 Å². The van der Waals surface area contributed by atoms with Crippen LogP contribution in [0.25, 0.3) is 0 Å². The van der Waals surface area contributed by atoms with Crippen LogP contribution in [0.2, 0.25) is 5.02 Å². The summed E-state index contributed by atoms with van der Waals surface area (Å²) in [7, 11) is 0. The SMILES string of the molecule is CC1(C)C(NC(=O)c2ccc(N3CCN(CC4CCN(c5cc6c(cc5F)C(=O)N(C5CCC(=O)NC5=O)C6=O)CC4)CC3)cn2)C(C)(C)C1Oc1ccc(C#N)c(Cl)c1. The van der Waals surface area contributed by atoms with Crippen LogP contribution in [0.4, 0.5) is 15.8 Å². The molecule has 60 heavy (non-hydrogen) atoms. The normalized spacial score (nSPS) is 24.1. The first-order chi connectivity index (χ1) is 28.6. The second-order valence-corrected chi connectivity index (χ2v) is 18.1. The van der Waals surface area contributed by atoms with Crippen molar-refractivity contribution in [3.05, 3.63) is 81.9 Å². The highest BCUT2D eigenvalue weighted by molar-refractivity contribution is 6.31. The van der Waals surface area contributed by atoms with Gasteiger partial charge in [-0.1, -0.05) is 39.3 Å². The molecule has 2 aromatic carbocycles. The van der Waals surface area contributed by atoms with Crippen LogP contribution in [0.15, 0.2) is 48.7 Å². The van der Waals surface area contributed by atoms with E-state index in [1.165, 1.54) is 6.07 Å². The molecular weight excluding hydrogens is 791 g/mol. The van der Waals surface area contributed by atoms with E-state index >= 15 is 4.39 Å². The molecule has 4 fully saturated rings. The van der Waals surface area contributed by atoms with Gasteiger partial charge in [-0.25, -0.2) is 9.37 Å². The highest BCUT2D eigenvalue weighted by atomic mass is 35.5. The number of carbonyl (C=O) groups excluding carboxylic acids is 5. The van der Waals surface area contributed by atoms with E-state index in [4.69, 9.17) is 16.3 Å². The van der Waals surface area contributed by atoms with Gasteiger partial charge in [0.1, 0.15) is 35.5 Å². The Balaban J connectivity index is 0.800. The van der Waals surface area contributed by atoms with Gasteiger partial charge >= 0.3 is 0 Å². The van der Waals surface area contributed by atoms with Gasteiger partial charge in [0.15, 0.2) is 0 Å². The van der Waals surface area contributed by atoms with Crippen molar-refractivity contribution < 1.29 is 33.1 Å². The van der Waals surface area contributed by atoms with Gasteiger partial charge in [-0.05, 0) is 61.6 Å². The minimum absolute atomic E-state index is 0.0139. The number of amides is 5. The smallest absolute Gasteiger partial charge is 0.270 e. The molecule has 3 aromatic rings. The summed E-state index contributed by atoms with van der Waals surface area (Å²) < 4.78 is 21.8. The molecule has 2 N–H and O–H groups in total. The monoisotopic (exact) mass is 838 g/mol. The maximum absolute atomic E-state index is 15.5. The minimum atomic E-state index is -1.10. The number of piperazine rings is 1. The van der Waals surface area contributed by atoms with Crippen LogP contribution >= 0.6 is 11.6 Å². The van der Waals surface area contributed by atoms with Gasteiger partial charge in [-0.2, -0.15) is 5.26 Å². The van der Waals surface area contributed by atoms with Crippen molar-refractivity contribution in [2.75, 3.05) is 55.6 Å². The molecular formula is C44H48ClFN8O6. The summed E-state index contributed by atoms with van der Waals surface area (Å²) in [6.07, 6.45) is 3.27. The van der Waals surface area contributed by atoms with Gasteiger partial charge < -0.3 is 19.9 Å². The maximum Gasteiger partial charge on any atom is 0.270 e. The first-order valence-electron chi connectivity index (χ1n) is 20.5. The molecule has 0 radical (unpaired) electrons. The number of benzene rings is 2. The number of piperidine rings is 2. The lowest BCUT2D eigenvalue weighted by Crippen LogP contribution is -2.74. The molecule has 5 amide bonds. The van der Waals surface area contributed by atoms with Crippen molar-refractivity contribution in [1.82, 2.24) is 25.4 Å². The first kappa shape index (κ1) is 41.2. The molecule has 1 aromatic heterocycles. The molecule has 0 spiro atoms. The zero-order valence-corrected chi connectivity index (χ0v) is 34.9. The van der Waals surface area contributed by atoms with Crippen LogP contribution in [-0.2, 0) is 9.59 Å². The van der Waals surface area contributed by atoms with E-state index in [0.717, 1.165) is 62.2 Å². The van der Waals surface area contributed by atoms with Gasteiger partial charge in [-0.15, -0.1) is 0 Å². The third-order valence-electron chi connectivity index (χ3n) is 13.1. The number of nitrogens with one attached hydrogen (secondary N) is 2. The van der Waals surface area contributed by atoms with Crippen molar-refractivity contribution in [3.63, 3.8) is 0 Å². The molecule has 4 aliphatic heterocycles. The van der Waals surface area contributed by atoms with Gasteiger partial charge in [0.2, 0.25) is 11.8 Å². The lowest BCUT2D eigenvalue weighted by Gasteiger charge is -2.63. The van der Waals surface area contributed by atoms with Crippen LogP contribution in [0, 0.1) is 33.9 Å². The molecule has 1 aliphatic carbocycles. The van der Waals surface area contributed by atoms with E-state index in [1.54, 1.807) is 30.5 Å². The van der Waals surface area contributed by atoms with Crippen molar-refractivity contribution in [3.8, 4) is 11.8 Å². The number of rotatable bonds is 9. The Kier molecular flexibility index (Phi) is 10.8. The second-order valence-electron chi connectivity index (χ2n) is 17.7. The lowest BCUT2D eigenvalue weighted by molar-refractivity contribution is -0.164. The minimum Gasteiger partial charge on any atom is -0.489 e. The average molecular weight is 839 g/mol. The van der Waals surface area contributed by atoms with E-state index in [9.17, 15) is 29.2 Å². The number of hydrogen-bond donors (Lipinski definition) is 2. The number of halogens is 2. The van der Waals surface area contributed by atoms with Crippen LogP contribution in [-0.4, -0.2) is 108 Å². The highest BCUT2D eigenvalue weighted by Gasteiger charge is 2.64. The molecule has 1 atom stereocenters. The number of nitriles is 1. The van der Waals surface area contributed by atoms with E-state index in [-0.39, 0.29) is 47.7 Å². The summed E-state index contributed by atoms with van der Waals surface area (Å²) >= 11 is 6.24. The maximum atomic E-state index is 15.5. The Bertz CT molecular complexity index is 2280. The lowest BCUT2D eigenvalue weighted by atomic mass is 9.49. The standard InChI is InChI=1S/C44H48ClFN8O6/c1-43(2)41(44(3,4)42(43)60-28-7-5-26(22-47)31(45)19-28)50-37(56)33-8-6-27(23-48-33)52-17-15-51(16-18-52)24-25-11-13-53(14-12-25)35-21-30-29(20-32(35)46)39(58)54(40(30)59)34-9-10-36(55)49-38(34)57/h5-8,19-21,23,25,34,41-42H,9-18,24H2,1-4H3,(H,50,56)(H,49,55,57). The fraction of sp³-hybridized carbons (Fsp3) is 0.477. The van der Waals surface area contributed by atoms with Crippen LogP contribution in [0.3, 0.4) is 0 Å². The number of nitrogens with zero attached hydrogens (tertiary/aromatic N) is 6. The number of ether oxygens (including phenoxy) is 1. The largest absolute Gasteiger partial charge is 0.489 e. The Morgan fingerprint density at radius 2 is 1.62 bits per heavy atom. The van der Waals surface area contributed by atoms with Crippen LogP contribution in [0.5, 0.6) is 5.75 Å². The third kappa shape index (κ3) is 7.44. The summed E-state index contributed by atoms with van der Waals surface area (Å²) in [6, 6.07) is 12.0. The van der Waals surface area contributed by atoms with E-state index < -0.39 is 46.3 Å². The zero-order chi connectivity index (χ0) is 42.7. The van der Waals surface area contributed by atoms with Crippen molar-refractivity contribution in [2.24, 2.45) is 16.7 Å². The summed E-state index contributed by atoms with van der Waals surface area (Å²) in [4.78, 5) is 76.0. The highest BCUT2D eigenvalue weighted by Crippen LogP contribution is 2.55. The predicted octanol–water partition coefficient (Wildman–Crippen LogP) is 4.80. The Hall–Kier alpha value is -5.59. The number of aromatic nitrogens is 1. The Labute approximate surface area is 353 Å². The fourth-order valence-corrected chi connectivity index (χ4v) is 10.4. The van der Waals surface area contributed by atoms with Crippen molar-refractivity contribution in [2.45, 2.75) is 71.6 Å². The summed E-state index contributed by atoms with van der Waals surface area (Å²) in [5.74, 6) is -2.38. The number of imide groups is 2. The van der Waals surface area contributed by atoms with Gasteiger partial charge in [-0.3, -0.25) is 39.1 Å². The molecule has 3 saturated heterocycles. The summed E-state index contributed by atoms with van der Waals surface area (Å²) in [5, 5.41) is 14.9. The molecule has 8 rings (SSSR count). The van der Waals surface area contributed by atoms with Gasteiger partial charge in [0.05, 0.1) is 39.3 Å². The predicted molar refractivity (Wildman–Crippen MR) is 220 cm³/mol. The van der Waals surface area contributed by atoms with Crippen LogP contribution < -0.4 is 25.2 Å². The summed E-state index contributed by atoms with van der Waals surface area (Å²) in [5.41, 5.74) is 1.16. The molecule has 5 heterocycles. The van der Waals surface area contributed by atoms with Gasteiger partial charge in [0.25, 0.3) is 17.7 Å². The van der Waals surface area contributed by atoms with Crippen LogP contribution in [0.1, 0.15) is 90.1 Å². The number of hydrogen-bond acceptors (Lipinski definition) is 11. The molecule has 0 bridgehead atoms. The molecule has 16 heteroatoms. The second kappa shape index (κ2) is 15.8. The molecule has 14 nitrogen and oxygen atoms in total. The Morgan fingerprint density at radius 1 is 0.933 bits per heavy atom. The molecule has 1 unspecified atom stereocenters. The fourth-order valence-electron chi connectivity index (χ4n) is 10.1. The zero-order valence-electron chi connectivity index (χ0n) is 34.1. The number of anilines is 2. The number of carbonyl (C=O) groups is 5. The number of fused-ring (bicyclic) bond motifs is 1. The quantitative estimate of drug-likeness (QED) is 0.284. The van der Waals surface area contributed by atoms with Crippen molar-refractivity contribution >= 4 is 52.5 Å². The third-order valence-corrected chi connectivity index (χ3v) is 13.4. The van der Waals surface area contributed by atoms with E-state index in [0.29, 0.717) is 41.0 Å². The van der Waals surface area contributed by atoms with E-state index in [2.05, 4.69) is 59.2 Å². The van der Waals surface area contributed by atoms with Gasteiger partial charge in [0, 0.05) is 75.2 Å². The Morgan fingerprint density at radius 3 is 2.23 bits per heavy atom. The number of pyridine rings is 1. The first-order valence-corrected chi connectivity index (χ1v) is 20.8. The molecule has 314 valence electrons. The topological polar surface area (TPSA) is 168 Å². The average Bonchev–Trinajstić information content (AvgIpc) is 3.46.